The summed E-state index contributed by atoms with van der Waals surface area (Å²) in [7, 11) is 0. The molecule has 1 aliphatic heterocycles. The first-order valence-electron chi connectivity index (χ1n) is 7.76. The third kappa shape index (κ3) is 2.38. The van der Waals surface area contributed by atoms with Gasteiger partial charge < -0.3 is 10.2 Å². The van der Waals surface area contributed by atoms with E-state index in [1.807, 2.05) is 0 Å². The molecule has 4 rings (SSSR count). The number of anilines is 1. The third-order valence-corrected chi connectivity index (χ3v) is 4.38. The van der Waals surface area contributed by atoms with Crippen LogP contribution in [0.2, 0.25) is 0 Å². The van der Waals surface area contributed by atoms with Crippen molar-refractivity contribution in [3.63, 3.8) is 0 Å². The van der Waals surface area contributed by atoms with Gasteiger partial charge >= 0.3 is 11.2 Å². The van der Waals surface area contributed by atoms with Crippen LogP contribution in [-0.4, -0.2) is 43.7 Å². The molecule has 2 fully saturated rings. The monoisotopic (exact) mass is 329 g/mol. The average Bonchev–Trinajstić information content (AvgIpc) is 3.31. The number of amides is 1. The lowest BCUT2D eigenvalue weighted by molar-refractivity contribution is -0.385. The van der Waals surface area contributed by atoms with E-state index in [9.17, 15) is 19.7 Å². The standard InChI is InChI=1S/C15H15N5O4/c21-12-7-9(8-19(12)10-4-5-10)16-14-13(20(23)24)15(22)18-6-2-1-3-11(18)17-14/h1-3,6,9-10,16H,4-5,7-8H2. The van der Waals surface area contributed by atoms with Crippen molar-refractivity contribution in [2.75, 3.05) is 11.9 Å². The fraction of sp³-hybridized carbons (Fsp3) is 0.400. The average molecular weight is 329 g/mol. The lowest BCUT2D eigenvalue weighted by atomic mass is 10.2. The second-order valence-corrected chi connectivity index (χ2v) is 6.12. The Balaban J connectivity index is 1.71. The molecule has 9 nitrogen and oxygen atoms in total. The van der Waals surface area contributed by atoms with Gasteiger partial charge in [0, 0.05) is 25.2 Å². The van der Waals surface area contributed by atoms with Gasteiger partial charge in [0.2, 0.25) is 11.7 Å². The van der Waals surface area contributed by atoms with E-state index in [0.29, 0.717) is 18.2 Å². The van der Waals surface area contributed by atoms with Crippen LogP contribution < -0.4 is 10.9 Å². The quantitative estimate of drug-likeness (QED) is 0.655. The first kappa shape index (κ1) is 14.6. The van der Waals surface area contributed by atoms with Crippen LogP contribution in [0.4, 0.5) is 11.5 Å². The lowest BCUT2D eigenvalue weighted by Gasteiger charge is -2.16. The number of fused-ring (bicyclic) bond motifs is 1. The zero-order valence-electron chi connectivity index (χ0n) is 12.7. The highest BCUT2D eigenvalue weighted by molar-refractivity contribution is 5.81. The number of pyridine rings is 1. The number of likely N-dealkylation sites (tertiary alicyclic amines) is 1. The number of nitrogens with one attached hydrogen (secondary N) is 1. The lowest BCUT2D eigenvalue weighted by Crippen LogP contribution is -2.30. The molecule has 1 unspecified atom stereocenters. The Kier molecular flexibility index (Phi) is 3.22. The molecule has 0 bridgehead atoms. The van der Waals surface area contributed by atoms with E-state index in [1.54, 1.807) is 23.1 Å². The van der Waals surface area contributed by atoms with Crippen molar-refractivity contribution in [1.82, 2.24) is 14.3 Å². The predicted molar refractivity (Wildman–Crippen MR) is 84.9 cm³/mol. The zero-order valence-corrected chi connectivity index (χ0v) is 12.7. The molecule has 1 amide bonds. The van der Waals surface area contributed by atoms with Crippen molar-refractivity contribution in [3.05, 3.63) is 44.9 Å². The van der Waals surface area contributed by atoms with Crippen LogP contribution >= 0.6 is 0 Å². The molecular weight excluding hydrogens is 314 g/mol. The number of aromatic nitrogens is 2. The van der Waals surface area contributed by atoms with Crippen LogP contribution in [0, 0.1) is 10.1 Å². The van der Waals surface area contributed by atoms with E-state index in [4.69, 9.17) is 0 Å². The maximum absolute atomic E-state index is 12.4. The molecule has 0 aromatic carbocycles. The second-order valence-electron chi connectivity index (χ2n) is 6.12. The van der Waals surface area contributed by atoms with Gasteiger partial charge in [-0.25, -0.2) is 4.98 Å². The van der Waals surface area contributed by atoms with E-state index in [-0.39, 0.29) is 24.2 Å². The van der Waals surface area contributed by atoms with Crippen LogP contribution in [0.15, 0.2) is 29.2 Å². The van der Waals surface area contributed by atoms with E-state index in [0.717, 1.165) is 17.2 Å². The van der Waals surface area contributed by atoms with Crippen LogP contribution in [-0.2, 0) is 4.79 Å². The number of hydrogen-bond donors (Lipinski definition) is 1. The molecule has 2 aliphatic rings. The molecule has 2 aromatic heterocycles. The molecule has 1 N–H and O–H groups in total. The van der Waals surface area contributed by atoms with Gasteiger partial charge in [-0.15, -0.1) is 0 Å². The van der Waals surface area contributed by atoms with Crippen LogP contribution in [0.1, 0.15) is 19.3 Å². The number of nitrogens with zero attached hydrogens (tertiary/aromatic N) is 4. The highest BCUT2D eigenvalue weighted by Gasteiger charge is 2.40. The van der Waals surface area contributed by atoms with Crippen LogP contribution in [0.25, 0.3) is 5.65 Å². The molecule has 3 heterocycles. The van der Waals surface area contributed by atoms with Gasteiger partial charge in [-0.05, 0) is 25.0 Å². The minimum atomic E-state index is -0.739. The molecule has 1 saturated carbocycles. The van der Waals surface area contributed by atoms with Crippen molar-refractivity contribution < 1.29 is 9.72 Å². The summed E-state index contributed by atoms with van der Waals surface area (Å²) in [5, 5.41) is 14.3. The van der Waals surface area contributed by atoms with Gasteiger partial charge in [-0.3, -0.25) is 24.1 Å². The predicted octanol–water partition coefficient (Wildman–Crippen LogP) is 0.778. The fourth-order valence-corrected chi connectivity index (χ4v) is 3.11. The van der Waals surface area contributed by atoms with Crippen molar-refractivity contribution >= 4 is 23.1 Å². The maximum atomic E-state index is 12.4. The molecule has 1 saturated heterocycles. The number of nitro groups is 1. The van der Waals surface area contributed by atoms with Crippen molar-refractivity contribution in [2.24, 2.45) is 0 Å². The summed E-state index contributed by atoms with van der Waals surface area (Å²) in [4.78, 5) is 41.0. The summed E-state index contributed by atoms with van der Waals surface area (Å²) in [6, 6.07) is 4.93. The molecule has 2 aromatic rings. The smallest absolute Gasteiger partial charge is 0.359 e. The summed E-state index contributed by atoms with van der Waals surface area (Å²) in [5.74, 6) is -0.0400. The molecule has 0 radical (unpaired) electrons. The Hall–Kier alpha value is -2.97. The Labute approximate surface area is 136 Å². The second kappa shape index (κ2) is 5.29. The largest absolute Gasteiger partial charge is 0.376 e. The van der Waals surface area contributed by atoms with Gasteiger partial charge in [-0.1, -0.05) is 6.07 Å². The highest BCUT2D eigenvalue weighted by Crippen LogP contribution is 2.32. The Morgan fingerprint density at radius 1 is 1.29 bits per heavy atom. The summed E-state index contributed by atoms with van der Waals surface area (Å²) < 4.78 is 1.14. The number of carbonyl (C=O) groups is 1. The van der Waals surface area contributed by atoms with Gasteiger partial charge in [0.25, 0.3) is 0 Å². The summed E-state index contributed by atoms with van der Waals surface area (Å²) >= 11 is 0. The summed E-state index contributed by atoms with van der Waals surface area (Å²) in [5.41, 5.74) is -1.02. The minimum Gasteiger partial charge on any atom is -0.359 e. The first-order valence-corrected chi connectivity index (χ1v) is 7.76. The molecule has 24 heavy (non-hydrogen) atoms. The Bertz CT molecular complexity index is 904. The zero-order chi connectivity index (χ0) is 16.8. The molecule has 1 atom stereocenters. The summed E-state index contributed by atoms with van der Waals surface area (Å²) in [6.45, 7) is 0.483. The molecule has 1 aliphatic carbocycles. The minimum absolute atomic E-state index is 0.0372. The third-order valence-electron chi connectivity index (χ3n) is 4.38. The van der Waals surface area contributed by atoms with E-state index >= 15 is 0 Å². The number of carbonyl (C=O) groups excluding carboxylic acids is 1. The van der Waals surface area contributed by atoms with Gasteiger partial charge in [0.05, 0.1) is 11.0 Å². The van der Waals surface area contributed by atoms with Gasteiger partial charge in [0.15, 0.2) is 0 Å². The normalized spacial score (nSPS) is 20.6. The Morgan fingerprint density at radius 3 is 2.79 bits per heavy atom. The highest BCUT2D eigenvalue weighted by atomic mass is 16.6. The van der Waals surface area contributed by atoms with E-state index in [2.05, 4.69) is 10.3 Å². The van der Waals surface area contributed by atoms with Crippen molar-refractivity contribution in [2.45, 2.75) is 31.3 Å². The number of hydrogen-bond acceptors (Lipinski definition) is 6. The van der Waals surface area contributed by atoms with Crippen LogP contribution in [0.3, 0.4) is 0 Å². The van der Waals surface area contributed by atoms with E-state index in [1.165, 1.54) is 6.20 Å². The van der Waals surface area contributed by atoms with Crippen molar-refractivity contribution in [3.8, 4) is 0 Å². The van der Waals surface area contributed by atoms with Crippen molar-refractivity contribution in [1.29, 1.82) is 0 Å². The maximum Gasteiger partial charge on any atom is 0.376 e. The molecule has 124 valence electrons. The molecule has 0 spiro atoms. The summed E-state index contributed by atoms with van der Waals surface area (Å²) in [6.07, 6.45) is 3.71. The topological polar surface area (TPSA) is 110 Å². The van der Waals surface area contributed by atoms with Gasteiger partial charge in [-0.2, -0.15) is 0 Å². The van der Waals surface area contributed by atoms with Gasteiger partial charge in [0.1, 0.15) is 5.65 Å². The molecular formula is C15H15N5O4. The fourth-order valence-electron chi connectivity index (χ4n) is 3.11. The Morgan fingerprint density at radius 2 is 2.08 bits per heavy atom. The number of rotatable bonds is 4. The van der Waals surface area contributed by atoms with E-state index < -0.39 is 16.2 Å². The van der Waals surface area contributed by atoms with Crippen LogP contribution in [0.5, 0.6) is 0 Å². The SMILES string of the molecule is O=C1CC(Nc2nc3ccccn3c(=O)c2[N+](=O)[O-])CN1C1CC1. The molecule has 9 heteroatoms. The first-order chi connectivity index (χ1) is 11.5.